The predicted octanol–water partition coefficient (Wildman–Crippen LogP) is 1.56. The average molecular weight is 222 g/mol. The zero-order chi connectivity index (χ0) is 11.7. The second-order valence-corrected chi connectivity index (χ2v) is 5.13. The number of hydrogen-bond donors (Lipinski definition) is 1. The lowest BCUT2D eigenvalue weighted by Gasteiger charge is -2.39. The van der Waals surface area contributed by atoms with E-state index in [1.54, 1.807) is 0 Å². The van der Waals surface area contributed by atoms with E-state index in [1.165, 1.54) is 6.42 Å². The maximum Gasteiger partial charge on any atom is 0.148 e. The van der Waals surface area contributed by atoms with Gasteiger partial charge in [0.25, 0.3) is 0 Å². The first-order valence-electron chi connectivity index (χ1n) is 6.02. The second-order valence-electron chi connectivity index (χ2n) is 5.13. The molecule has 4 heteroatoms. The minimum Gasteiger partial charge on any atom is -0.365 e. The molecule has 2 rings (SSSR count). The van der Waals surface area contributed by atoms with Gasteiger partial charge in [0.05, 0.1) is 0 Å². The van der Waals surface area contributed by atoms with Crippen molar-refractivity contribution in [2.45, 2.75) is 32.4 Å². The Kier molecular flexibility index (Phi) is 3.19. The van der Waals surface area contributed by atoms with E-state index in [9.17, 15) is 0 Å². The lowest BCUT2D eigenvalue weighted by Crippen LogP contribution is -2.48. The van der Waals surface area contributed by atoms with E-state index in [4.69, 9.17) is 0 Å². The molecule has 1 fully saturated rings. The molecule has 90 valence electrons. The second kappa shape index (κ2) is 4.45. The molecule has 1 saturated heterocycles. The first-order chi connectivity index (χ1) is 7.56. The molecule has 1 aliphatic rings. The van der Waals surface area contributed by atoms with E-state index >= 15 is 0 Å². The van der Waals surface area contributed by atoms with Crippen LogP contribution < -0.4 is 5.32 Å². The monoisotopic (exact) mass is 222 g/mol. The Bertz CT molecular complexity index is 347. The molecule has 1 N–H and O–H groups in total. The summed E-state index contributed by atoms with van der Waals surface area (Å²) in [5.41, 5.74) is 0. The highest BCUT2D eigenvalue weighted by molar-refractivity contribution is 5.34. The van der Waals surface area contributed by atoms with Crippen LogP contribution in [0.15, 0.2) is 12.3 Å². The van der Waals surface area contributed by atoms with Gasteiger partial charge >= 0.3 is 0 Å². The predicted molar refractivity (Wildman–Crippen MR) is 66.5 cm³/mol. The van der Waals surface area contributed by atoms with Gasteiger partial charge in [-0.05, 0) is 26.3 Å². The van der Waals surface area contributed by atoms with Crippen LogP contribution in [0.5, 0.6) is 0 Å². The Morgan fingerprint density at radius 1 is 1.38 bits per heavy atom. The molecule has 0 amide bonds. The van der Waals surface area contributed by atoms with Crippen molar-refractivity contribution in [3.05, 3.63) is 12.3 Å². The Labute approximate surface area is 97.6 Å². The minimum absolute atomic E-state index is 0.543. The number of nitrogens with zero attached hydrogens (tertiary/aromatic N) is 3. The molecular formula is C12H22N4. The zero-order valence-electron chi connectivity index (χ0n) is 10.6. The Morgan fingerprint density at radius 2 is 2.12 bits per heavy atom. The number of anilines is 1. The lowest BCUT2D eigenvalue weighted by atomic mass is 9.90. The fourth-order valence-electron chi connectivity index (χ4n) is 2.42. The summed E-state index contributed by atoms with van der Waals surface area (Å²) in [6.45, 7) is 5.76. The molecule has 0 saturated carbocycles. The number of nitrogens with one attached hydrogen (secondary N) is 1. The number of hydrogen-bond acceptors (Lipinski definition) is 3. The third-order valence-electron chi connectivity index (χ3n) is 3.66. The zero-order valence-corrected chi connectivity index (χ0v) is 10.6. The topological polar surface area (TPSA) is 33.1 Å². The summed E-state index contributed by atoms with van der Waals surface area (Å²) in [5.74, 6) is 1.67. The quantitative estimate of drug-likeness (QED) is 0.824. The van der Waals surface area contributed by atoms with Crippen molar-refractivity contribution in [2.24, 2.45) is 13.0 Å². The van der Waals surface area contributed by atoms with Gasteiger partial charge in [0.15, 0.2) is 0 Å². The number of aryl methyl sites for hydroxylation is 1. The van der Waals surface area contributed by atoms with Crippen molar-refractivity contribution >= 4 is 5.82 Å². The molecule has 3 unspecified atom stereocenters. The molecule has 0 spiro atoms. The molecule has 0 aliphatic carbocycles. The third-order valence-corrected chi connectivity index (χ3v) is 3.66. The van der Waals surface area contributed by atoms with Crippen molar-refractivity contribution in [1.82, 2.24) is 14.7 Å². The fraction of sp³-hybridized carbons (Fsp3) is 0.750. The van der Waals surface area contributed by atoms with Gasteiger partial charge in [-0.25, -0.2) is 0 Å². The smallest absolute Gasteiger partial charge is 0.148 e. The Hall–Kier alpha value is -1.03. The highest BCUT2D eigenvalue weighted by Crippen LogP contribution is 2.23. The first kappa shape index (κ1) is 11.5. The van der Waals surface area contributed by atoms with E-state index in [1.807, 2.05) is 24.0 Å². The molecule has 0 aromatic carbocycles. The van der Waals surface area contributed by atoms with Crippen LogP contribution >= 0.6 is 0 Å². The normalized spacial score (nSPS) is 31.6. The SMILES string of the molecule is CC1CN(C)C(C)CC1Nc1ccn(C)n1. The van der Waals surface area contributed by atoms with Gasteiger partial charge in [-0.15, -0.1) is 0 Å². The molecular weight excluding hydrogens is 200 g/mol. The summed E-state index contributed by atoms with van der Waals surface area (Å²) in [4.78, 5) is 2.43. The van der Waals surface area contributed by atoms with Gasteiger partial charge < -0.3 is 10.2 Å². The summed E-state index contributed by atoms with van der Waals surface area (Å²) < 4.78 is 1.84. The van der Waals surface area contributed by atoms with E-state index < -0.39 is 0 Å². The van der Waals surface area contributed by atoms with E-state index in [2.05, 4.69) is 36.2 Å². The largest absolute Gasteiger partial charge is 0.365 e. The van der Waals surface area contributed by atoms with E-state index in [0.29, 0.717) is 18.0 Å². The Balaban J connectivity index is 1.99. The molecule has 1 aromatic heterocycles. The van der Waals surface area contributed by atoms with Gasteiger partial charge in [0, 0.05) is 37.9 Å². The molecule has 1 aromatic rings. The summed E-state index contributed by atoms with van der Waals surface area (Å²) >= 11 is 0. The first-order valence-corrected chi connectivity index (χ1v) is 6.02. The number of piperidine rings is 1. The van der Waals surface area contributed by atoms with Crippen LogP contribution in [0.2, 0.25) is 0 Å². The molecule has 0 radical (unpaired) electrons. The van der Waals surface area contributed by atoms with Crippen molar-refractivity contribution in [2.75, 3.05) is 18.9 Å². The van der Waals surface area contributed by atoms with Crippen LogP contribution in [0.4, 0.5) is 5.82 Å². The lowest BCUT2D eigenvalue weighted by molar-refractivity contribution is 0.145. The van der Waals surface area contributed by atoms with Gasteiger partial charge in [-0.2, -0.15) is 5.10 Å². The van der Waals surface area contributed by atoms with Gasteiger partial charge in [0.2, 0.25) is 0 Å². The van der Waals surface area contributed by atoms with Crippen LogP contribution in [0.25, 0.3) is 0 Å². The van der Waals surface area contributed by atoms with Crippen LogP contribution in [-0.2, 0) is 7.05 Å². The number of aromatic nitrogens is 2. The highest BCUT2D eigenvalue weighted by atomic mass is 15.3. The summed E-state index contributed by atoms with van der Waals surface area (Å²) in [6.07, 6.45) is 3.17. The van der Waals surface area contributed by atoms with Crippen molar-refractivity contribution in [3.63, 3.8) is 0 Å². The average Bonchev–Trinajstić information content (AvgIpc) is 2.60. The van der Waals surface area contributed by atoms with Crippen LogP contribution in [-0.4, -0.2) is 40.4 Å². The maximum absolute atomic E-state index is 4.38. The van der Waals surface area contributed by atoms with Gasteiger partial charge in [0.1, 0.15) is 5.82 Å². The molecule has 0 bridgehead atoms. The molecule has 16 heavy (non-hydrogen) atoms. The molecule has 1 aliphatic heterocycles. The van der Waals surface area contributed by atoms with E-state index in [-0.39, 0.29) is 0 Å². The van der Waals surface area contributed by atoms with Crippen LogP contribution in [0, 0.1) is 5.92 Å². The maximum atomic E-state index is 4.38. The molecule has 4 nitrogen and oxygen atoms in total. The highest BCUT2D eigenvalue weighted by Gasteiger charge is 2.28. The van der Waals surface area contributed by atoms with Crippen molar-refractivity contribution in [3.8, 4) is 0 Å². The number of likely N-dealkylation sites (tertiary alicyclic amines) is 1. The van der Waals surface area contributed by atoms with E-state index in [0.717, 1.165) is 12.4 Å². The standard InChI is InChI=1S/C12H22N4/c1-9-8-15(3)10(2)7-11(9)13-12-5-6-16(4)14-12/h5-6,9-11H,7-8H2,1-4H3,(H,13,14). The molecule has 2 heterocycles. The van der Waals surface area contributed by atoms with Crippen LogP contribution in [0.3, 0.4) is 0 Å². The summed E-state index contributed by atoms with van der Waals surface area (Å²) in [6, 6.07) is 3.23. The summed E-state index contributed by atoms with van der Waals surface area (Å²) in [5, 5.41) is 7.92. The number of rotatable bonds is 2. The van der Waals surface area contributed by atoms with Gasteiger partial charge in [-0.1, -0.05) is 6.92 Å². The fourth-order valence-corrected chi connectivity index (χ4v) is 2.42. The van der Waals surface area contributed by atoms with Gasteiger partial charge in [-0.3, -0.25) is 4.68 Å². The minimum atomic E-state index is 0.543. The van der Waals surface area contributed by atoms with Crippen molar-refractivity contribution < 1.29 is 0 Å². The third kappa shape index (κ3) is 2.38. The van der Waals surface area contributed by atoms with Crippen LogP contribution in [0.1, 0.15) is 20.3 Å². The molecule has 3 atom stereocenters. The Morgan fingerprint density at radius 3 is 2.75 bits per heavy atom. The van der Waals surface area contributed by atoms with Crippen molar-refractivity contribution in [1.29, 1.82) is 0 Å². The summed E-state index contributed by atoms with van der Waals surface area (Å²) in [7, 11) is 4.16.